The van der Waals surface area contributed by atoms with Crippen molar-refractivity contribution in [3.8, 4) is 0 Å². The summed E-state index contributed by atoms with van der Waals surface area (Å²) in [5.41, 5.74) is 4.31. The zero-order chi connectivity index (χ0) is 27.4. The van der Waals surface area contributed by atoms with E-state index in [-0.39, 0.29) is 23.6 Å². The van der Waals surface area contributed by atoms with Crippen LogP contribution in [0.3, 0.4) is 0 Å². The Labute approximate surface area is 231 Å². The van der Waals surface area contributed by atoms with Crippen molar-refractivity contribution >= 4 is 23.2 Å². The number of hydrogen-bond donors (Lipinski definition) is 4. The van der Waals surface area contributed by atoms with Crippen LogP contribution in [-0.2, 0) is 11.3 Å². The molecule has 208 valence electrons. The van der Waals surface area contributed by atoms with E-state index in [0.29, 0.717) is 34.3 Å². The molecule has 38 heavy (non-hydrogen) atoms. The van der Waals surface area contributed by atoms with Gasteiger partial charge in [-0.05, 0) is 102 Å². The minimum Gasteiger partial charge on any atom is -0.379 e. The maximum absolute atomic E-state index is 13.2. The number of hydrogen-bond acceptors (Lipinski definition) is 5. The summed E-state index contributed by atoms with van der Waals surface area (Å²) in [5.74, 6) is -0.239. The lowest BCUT2D eigenvalue weighted by atomic mass is 9.77. The topological polar surface area (TPSA) is 95.3 Å². The Bertz CT molecular complexity index is 1200. The van der Waals surface area contributed by atoms with Gasteiger partial charge in [-0.3, -0.25) is 9.59 Å². The number of amides is 1. The van der Waals surface area contributed by atoms with Crippen molar-refractivity contribution in [3.63, 3.8) is 0 Å². The Morgan fingerprint density at radius 1 is 1.13 bits per heavy atom. The minimum atomic E-state index is -0.239. The maximum Gasteiger partial charge on any atom is 0.253 e. The minimum absolute atomic E-state index is 0.0311. The molecule has 1 saturated carbocycles. The first kappa shape index (κ1) is 28.7. The van der Waals surface area contributed by atoms with Gasteiger partial charge in [0, 0.05) is 58.3 Å². The van der Waals surface area contributed by atoms with E-state index in [1.54, 1.807) is 6.07 Å². The molecule has 2 heterocycles. The molecule has 2 atom stereocenters. The number of H-pyrrole nitrogens is 1. The monoisotopic (exact) mass is 542 g/mol. The molecule has 0 spiro atoms. The van der Waals surface area contributed by atoms with E-state index in [4.69, 9.17) is 16.3 Å². The van der Waals surface area contributed by atoms with Crippen LogP contribution in [0.1, 0.15) is 91.5 Å². The van der Waals surface area contributed by atoms with Crippen LogP contribution in [-0.4, -0.2) is 41.2 Å². The third-order valence-corrected chi connectivity index (χ3v) is 8.73. The summed E-state index contributed by atoms with van der Waals surface area (Å²) in [7, 11) is 0. The van der Waals surface area contributed by atoms with Gasteiger partial charge in [0.1, 0.15) is 0 Å². The molecule has 4 N–H and O–H groups in total. The molecular formula is C30H43ClN4O3. The Morgan fingerprint density at radius 2 is 1.87 bits per heavy atom. The molecule has 1 aromatic heterocycles. The highest BCUT2D eigenvalue weighted by Crippen LogP contribution is 2.37. The molecule has 8 heteroatoms. The predicted molar refractivity (Wildman–Crippen MR) is 154 cm³/mol. The highest BCUT2D eigenvalue weighted by Gasteiger charge is 2.35. The first-order valence-electron chi connectivity index (χ1n) is 14.0. The van der Waals surface area contributed by atoms with Gasteiger partial charge in [0.2, 0.25) is 0 Å². The average molecular weight is 543 g/mol. The Hall–Kier alpha value is -2.35. The molecule has 1 aliphatic heterocycles. The van der Waals surface area contributed by atoms with Crippen LogP contribution in [0.25, 0.3) is 0 Å². The number of pyridine rings is 1. The summed E-state index contributed by atoms with van der Waals surface area (Å²) >= 11 is 6.51. The fourth-order valence-corrected chi connectivity index (χ4v) is 6.30. The maximum atomic E-state index is 13.2. The first-order chi connectivity index (χ1) is 18.1. The molecule has 0 unspecified atom stereocenters. The predicted octanol–water partition coefficient (Wildman–Crippen LogP) is 5.54. The third kappa shape index (κ3) is 6.80. The second kappa shape index (κ2) is 12.2. The van der Waals surface area contributed by atoms with Crippen molar-refractivity contribution in [2.45, 2.75) is 110 Å². The van der Waals surface area contributed by atoms with E-state index < -0.39 is 0 Å². The highest BCUT2D eigenvalue weighted by atomic mass is 35.5. The second-order valence-corrected chi connectivity index (χ2v) is 11.8. The number of anilines is 1. The largest absolute Gasteiger partial charge is 0.379 e. The van der Waals surface area contributed by atoms with Crippen molar-refractivity contribution in [2.75, 3.05) is 11.9 Å². The van der Waals surface area contributed by atoms with Gasteiger partial charge >= 0.3 is 0 Å². The SMILES string of the molecule is CCC1(Nc2cc(Cl)cc(C(=O)NCc3c(C)cc(C)[nH]c3=O)c2C)CCC(N[C@@H]2CCO[C@H](C)C2)CC1. The summed E-state index contributed by atoms with van der Waals surface area (Å²) in [6, 6.07) is 6.61. The van der Waals surface area contributed by atoms with Gasteiger partial charge in [-0.15, -0.1) is 0 Å². The number of rotatable bonds is 8. The lowest BCUT2D eigenvalue weighted by Crippen LogP contribution is -2.49. The van der Waals surface area contributed by atoms with Gasteiger partial charge in [-0.1, -0.05) is 18.5 Å². The smallest absolute Gasteiger partial charge is 0.253 e. The molecule has 1 aliphatic carbocycles. The summed E-state index contributed by atoms with van der Waals surface area (Å²) in [6.07, 6.45) is 7.84. The summed E-state index contributed by atoms with van der Waals surface area (Å²) < 4.78 is 5.71. The van der Waals surface area contributed by atoms with Crippen molar-refractivity contribution in [1.29, 1.82) is 0 Å². The molecule has 0 radical (unpaired) electrons. The van der Waals surface area contributed by atoms with Crippen molar-refractivity contribution in [1.82, 2.24) is 15.6 Å². The van der Waals surface area contributed by atoms with Gasteiger partial charge in [0.15, 0.2) is 0 Å². The molecule has 0 bridgehead atoms. The van der Waals surface area contributed by atoms with Crippen LogP contribution in [0, 0.1) is 20.8 Å². The van der Waals surface area contributed by atoms with Gasteiger partial charge < -0.3 is 25.7 Å². The van der Waals surface area contributed by atoms with Gasteiger partial charge in [0.05, 0.1) is 6.10 Å². The fraction of sp³-hybridized carbons (Fsp3) is 0.600. The molecule has 2 aliphatic rings. The number of benzene rings is 1. The molecule has 2 aromatic rings. The number of carbonyl (C=O) groups excluding carboxylic acids is 1. The number of aryl methyl sites for hydroxylation is 2. The lowest BCUT2D eigenvalue weighted by Gasteiger charge is -2.43. The van der Waals surface area contributed by atoms with Crippen LogP contribution < -0.4 is 21.5 Å². The van der Waals surface area contributed by atoms with E-state index in [1.807, 2.05) is 32.9 Å². The van der Waals surface area contributed by atoms with E-state index in [1.165, 1.54) is 0 Å². The lowest BCUT2D eigenvalue weighted by molar-refractivity contribution is 0.00981. The number of ether oxygens (including phenoxy) is 1. The number of aromatic amines is 1. The third-order valence-electron chi connectivity index (χ3n) is 8.51. The van der Waals surface area contributed by atoms with Gasteiger partial charge in [-0.2, -0.15) is 0 Å². The van der Waals surface area contributed by atoms with Crippen LogP contribution in [0.5, 0.6) is 0 Å². The summed E-state index contributed by atoms with van der Waals surface area (Å²) in [6.45, 7) is 11.1. The van der Waals surface area contributed by atoms with Crippen LogP contribution in [0.2, 0.25) is 5.02 Å². The molecule has 1 amide bonds. The van der Waals surface area contributed by atoms with Gasteiger partial charge in [0.25, 0.3) is 11.5 Å². The number of carbonyl (C=O) groups is 1. The first-order valence-corrected chi connectivity index (χ1v) is 14.4. The normalized spacial score (nSPS) is 25.7. The van der Waals surface area contributed by atoms with Gasteiger partial charge in [-0.25, -0.2) is 0 Å². The zero-order valence-electron chi connectivity index (χ0n) is 23.4. The molecule has 1 saturated heterocycles. The standard InChI is InChI=1S/C30H43ClN4O3/c1-6-30(10-7-23(8-11-30)34-24-9-12-38-20(4)14-24)35-27-16-22(31)15-25(21(27)5)28(36)32-17-26-18(2)13-19(3)33-29(26)37/h13,15-16,20,23-24,34-35H,6-12,14,17H2,1-5H3,(H,32,36)(H,33,37)/t20-,23?,24-,30?/m1/s1. The number of halogens is 1. The number of aromatic nitrogens is 1. The molecular weight excluding hydrogens is 500 g/mol. The molecule has 4 rings (SSSR count). The van der Waals surface area contributed by atoms with Crippen molar-refractivity contribution in [2.24, 2.45) is 0 Å². The van der Waals surface area contributed by atoms with E-state index >= 15 is 0 Å². The zero-order valence-corrected chi connectivity index (χ0v) is 24.2. The van der Waals surface area contributed by atoms with Crippen molar-refractivity contribution < 1.29 is 9.53 Å². The van der Waals surface area contributed by atoms with E-state index in [2.05, 4.69) is 34.8 Å². The van der Waals surface area contributed by atoms with Crippen LogP contribution >= 0.6 is 11.6 Å². The van der Waals surface area contributed by atoms with Crippen LogP contribution in [0.4, 0.5) is 5.69 Å². The van der Waals surface area contributed by atoms with Crippen molar-refractivity contribution in [3.05, 3.63) is 61.5 Å². The molecule has 7 nitrogen and oxygen atoms in total. The molecule has 2 fully saturated rings. The highest BCUT2D eigenvalue weighted by molar-refractivity contribution is 6.31. The Kier molecular flexibility index (Phi) is 9.22. The molecule has 1 aromatic carbocycles. The Morgan fingerprint density at radius 3 is 2.53 bits per heavy atom. The fourth-order valence-electron chi connectivity index (χ4n) is 6.08. The average Bonchev–Trinajstić information content (AvgIpc) is 2.86. The quantitative estimate of drug-likeness (QED) is 0.351. The summed E-state index contributed by atoms with van der Waals surface area (Å²) in [4.78, 5) is 28.4. The van der Waals surface area contributed by atoms with E-state index in [0.717, 1.165) is 74.1 Å². The second-order valence-electron chi connectivity index (χ2n) is 11.4. The Balaban J connectivity index is 1.43. The van der Waals surface area contributed by atoms with E-state index in [9.17, 15) is 9.59 Å². The van der Waals surface area contributed by atoms with Crippen LogP contribution in [0.15, 0.2) is 23.0 Å². The number of nitrogens with one attached hydrogen (secondary N) is 4. The summed E-state index contributed by atoms with van der Waals surface area (Å²) in [5, 5.41) is 11.1.